The van der Waals surface area contributed by atoms with Crippen molar-refractivity contribution in [3.63, 3.8) is 0 Å². The van der Waals surface area contributed by atoms with Crippen LogP contribution < -0.4 is 20.5 Å². The minimum atomic E-state index is -4.99. The number of anilines is 2. The van der Waals surface area contributed by atoms with Crippen molar-refractivity contribution in [3.8, 4) is 5.75 Å². The second-order valence-electron chi connectivity index (χ2n) is 5.86. The van der Waals surface area contributed by atoms with Crippen LogP contribution in [0.1, 0.15) is 0 Å². The number of nitrogens with two attached hydrogens (primary N) is 1. The lowest BCUT2D eigenvalue weighted by Gasteiger charge is -2.17. The van der Waals surface area contributed by atoms with Crippen LogP contribution in [0.15, 0.2) is 47.6 Å². The molecule has 0 unspecified atom stereocenters. The maximum absolute atomic E-state index is 12.7. The van der Waals surface area contributed by atoms with E-state index in [1.54, 1.807) is 36.1 Å². The van der Waals surface area contributed by atoms with Crippen molar-refractivity contribution in [2.75, 3.05) is 10.6 Å². The standard InChI is InChI=1S/C16H14F3N5O3S2/c1-24-8-21-10-3-2-4-11(14(10)24)22-15(28)23-12-7-9(29(20,25)26)5-6-13(12)27-16(17,18)19/h2-8H,1H3,(H2,20,25,26)(H2,22,23,28). The van der Waals surface area contributed by atoms with Crippen LogP contribution in [0.2, 0.25) is 0 Å². The molecule has 0 bridgehead atoms. The van der Waals surface area contributed by atoms with Gasteiger partial charge >= 0.3 is 6.36 Å². The molecule has 0 saturated heterocycles. The number of ether oxygens (including phenoxy) is 1. The van der Waals surface area contributed by atoms with Crippen molar-refractivity contribution in [2.24, 2.45) is 12.2 Å². The normalized spacial score (nSPS) is 12.0. The zero-order valence-electron chi connectivity index (χ0n) is 14.7. The third-order valence-corrected chi connectivity index (χ3v) is 4.85. The van der Waals surface area contributed by atoms with Gasteiger partial charge in [0.1, 0.15) is 0 Å². The molecule has 8 nitrogen and oxygen atoms in total. The van der Waals surface area contributed by atoms with Crippen LogP contribution in [0.3, 0.4) is 0 Å². The third kappa shape index (κ3) is 4.93. The molecule has 0 radical (unpaired) electrons. The van der Waals surface area contributed by atoms with E-state index in [9.17, 15) is 21.6 Å². The fourth-order valence-electron chi connectivity index (χ4n) is 2.59. The summed E-state index contributed by atoms with van der Waals surface area (Å²) in [6, 6.07) is 7.83. The second kappa shape index (κ2) is 7.50. The first-order valence-corrected chi connectivity index (χ1v) is 9.80. The Hall–Kier alpha value is -2.90. The molecule has 0 aliphatic heterocycles. The molecule has 154 valence electrons. The molecule has 0 amide bonds. The summed E-state index contributed by atoms with van der Waals surface area (Å²) >= 11 is 5.17. The lowest BCUT2D eigenvalue weighted by molar-refractivity contribution is -0.274. The first-order chi connectivity index (χ1) is 13.4. The van der Waals surface area contributed by atoms with Gasteiger partial charge in [-0.3, -0.25) is 0 Å². The Balaban J connectivity index is 1.92. The summed E-state index contributed by atoms with van der Waals surface area (Å²) in [5.41, 5.74) is 1.60. The fraction of sp³-hybridized carbons (Fsp3) is 0.125. The van der Waals surface area contributed by atoms with Crippen LogP contribution in [-0.4, -0.2) is 29.4 Å². The van der Waals surface area contributed by atoms with Gasteiger partial charge in [-0.15, -0.1) is 13.2 Å². The number of nitrogens with zero attached hydrogens (tertiary/aromatic N) is 2. The Morgan fingerprint density at radius 2 is 1.90 bits per heavy atom. The number of thiocarbonyl (C=S) groups is 1. The Labute approximate surface area is 168 Å². The minimum Gasteiger partial charge on any atom is -0.404 e. The number of halogens is 3. The van der Waals surface area contributed by atoms with Crippen LogP contribution in [0.4, 0.5) is 24.5 Å². The molecule has 0 aliphatic rings. The monoisotopic (exact) mass is 445 g/mol. The maximum atomic E-state index is 12.7. The van der Waals surface area contributed by atoms with Gasteiger partial charge in [0, 0.05) is 7.05 Å². The minimum absolute atomic E-state index is 0.0997. The van der Waals surface area contributed by atoms with Gasteiger partial charge in [-0.2, -0.15) is 0 Å². The summed E-state index contributed by atoms with van der Waals surface area (Å²) in [4.78, 5) is 3.79. The summed E-state index contributed by atoms with van der Waals surface area (Å²) in [5, 5.41) is 10.3. The quantitative estimate of drug-likeness (QED) is 0.530. The molecule has 1 aromatic heterocycles. The molecule has 13 heteroatoms. The second-order valence-corrected chi connectivity index (χ2v) is 7.83. The number of hydrogen-bond donors (Lipinski definition) is 3. The van der Waals surface area contributed by atoms with Crippen molar-refractivity contribution >= 4 is 49.8 Å². The molecule has 0 spiro atoms. The smallest absolute Gasteiger partial charge is 0.404 e. The Morgan fingerprint density at radius 1 is 1.21 bits per heavy atom. The first kappa shape index (κ1) is 20.8. The largest absolute Gasteiger partial charge is 0.573 e. The number of rotatable bonds is 4. The van der Waals surface area contributed by atoms with Gasteiger partial charge in [0.15, 0.2) is 10.9 Å². The fourth-order valence-corrected chi connectivity index (χ4v) is 3.35. The molecule has 1 heterocycles. The van der Waals surface area contributed by atoms with E-state index in [-0.39, 0.29) is 10.8 Å². The van der Waals surface area contributed by atoms with Gasteiger partial charge in [0.25, 0.3) is 0 Å². The number of benzene rings is 2. The highest BCUT2D eigenvalue weighted by Crippen LogP contribution is 2.32. The van der Waals surface area contributed by atoms with Crippen LogP contribution >= 0.6 is 12.2 Å². The van der Waals surface area contributed by atoms with Crippen molar-refractivity contribution < 1.29 is 26.3 Å². The van der Waals surface area contributed by atoms with E-state index >= 15 is 0 Å². The number of aromatic nitrogens is 2. The number of fused-ring (bicyclic) bond motifs is 1. The predicted molar refractivity (Wildman–Crippen MR) is 105 cm³/mol. The number of sulfonamides is 1. The molecule has 29 heavy (non-hydrogen) atoms. The lowest BCUT2D eigenvalue weighted by atomic mass is 10.2. The average Bonchev–Trinajstić information content (AvgIpc) is 2.96. The summed E-state index contributed by atoms with van der Waals surface area (Å²) in [5.74, 6) is -0.673. The van der Waals surface area contributed by atoms with E-state index in [2.05, 4.69) is 20.4 Å². The number of aryl methyl sites for hydroxylation is 1. The highest BCUT2D eigenvalue weighted by Gasteiger charge is 2.32. The average molecular weight is 445 g/mol. The molecule has 4 N–H and O–H groups in total. The number of nitrogens with one attached hydrogen (secondary N) is 2. The van der Waals surface area contributed by atoms with Gasteiger partial charge in [-0.25, -0.2) is 18.5 Å². The molecular formula is C16H14F3N5O3S2. The van der Waals surface area contributed by atoms with Crippen LogP contribution in [0.5, 0.6) is 5.75 Å². The van der Waals surface area contributed by atoms with Gasteiger partial charge in [-0.05, 0) is 42.5 Å². The van der Waals surface area contributed by atoms with Crippen LogP contribution in [0, 0.1) is 0 Å². The summed E-state index contributed by atoms with van der Waals surface area (Å²) in [7, 11) is -2.39. The molecule has 3 rings (SSSR count). The van der Waals surface area contributed by atoms with Gasteiger partial charge in [0.05, 0.1) is 33.6 Å². The van der Waals surface area contributed by atoms with Gasteiger partial charge < -0.3 is 19.9 Å². The van der Waals surface area contributed by atoms with Crippen molar-refractivity contribution in [2.45, 2.75) is 11.3 Å². The van der Waals surface area contributed by atoms with Crippen molar-refractivity contribution in [1.29, 1.82) is 0 Å². The molecule has 2 aromatic carbocycles. The topological polar surface area (TPSA) is 111 Å². The molecule has 0 fully saturated rings. The Bertz CT molecular complexity index is 1190. The summed E-state index contributed by atoms with van der Waals surface area (Å²) in [6.07, 6.45) is -3.40. The van der Waals surface area contributed by atoms with E-state index in [1.807, 2.05) is 0 Å². The number of alkyl halides is 3. The summed E-state index contributed by atoms with van der Waals surface area (Å²) in [6.45, 7) is 0. The van der Waals surface area contributed by atoms with Gasteiger partial charge in [-0.1, -0.05) is 6.07 Å². The summed E-state index contributed by atoms with van der Waals surface area (Å²) < 4.78 is 66.8. The molecular weight excluding hydrogens is 431 g/mol. The lowest BCUT2D eigenvalue weighted by Crippen LogP contribution is -2.23. The van der Waals surface area contributed by atoms with E-state index in [1.165, 1.54) is 0 Å². The zero-order chi connectivity index (χ0) is 21.4. The van der Waals surface area contributed by atoms with Crippen LogP contribution in [0.25, 0.3) is 11.0 Å². The number of para-hydroxylation sites is 1. The highest BCUT2D eigenvalue weighted by molar-refractivity contribution is 7.89. The van der Waals surface area contributed by atoms with Crippen LogP contribution in [-0.2, 0) is 17.1 Å². The maximum Gasteiger partial charge on any atom is 0.573 e. The van der Waals surface area contributed by atoms with Crippen molar-refractivity contribution in [3.05, 3.63) is 42.7 Å². The number of hydrogen-bond acceptors (Lipinski definition) is 5. The molecule has 0 atom stereocenters. The van der Waals surface area contributed by atoms with Gasteiger partial charge in [0.2, 0.25) is 10.0 Å². The first-order valence-electron chi connectivity index (χ1n) is 7.85. The third-order valence-electron chi connectivity index (χ3n) is 3.74. The molecule has 3 aromatic rings. The highest BCUT2D eigenvalue weighted by atomic mass is 32.2. The van der Waals surface area contributed by atoms with Crippen molar-refractivity contribution in [1.82, 2.24) is 9.55 Å². The van der Waals surface area contributed by atoms with E-state index < -0.39 is 27.0 Å². The molecule has 0 saturated carbocycles. The van der Waals surface area contributed by atoms with E-state index in [0.29, 0.717) is 16.7 Å². The Kier molecular flexibility index (Phi) is 5.38. The number of imidazole rings is 1. The predicted octanol–water partition coefficient (Wildman–Crippen LogP) is 2.93. The van der Waals surface area contributed by atoms with E-state index in [0.717, 1.165) is 18.2 Å². The number of primary sulfonamides is 1. The Morgan fingerprint density at radius 3 is 2.55 bits per heavy atom. The molecule has 0 aliphatic carbocycles. The zero-order valence-corrected chi connectivity index (χ0v) is 16.3. The SMILES string of the molecule is Cn1cnc2cccc(NC(=S)Nc3cc(S(N)(=O)=O)ccc3OC(F)(F)F)c21. The van der Waals surface area contributed by atoms with E-state index in [4.69, 9.17) is 17.4 Å².